The average molecular weight is 570 g/mol. The number of carbonyl (C=O) groups is 2. The SMILES string of the molecule is COC(=O)[C@H](Cc1ccc(NCc2ccc(Cl)cc2)cc1)NC(=O)[C@@H]1CCCN1S(=O)(=O)c1ccc(C)cc1. The molecule has 2 N–H and O–H groups in total. The van der Waals surface area contributed by atoms with E-state index in [1.165, 1.54) is 11.4 Å². The maximum Gasteiger partial charge on any atom is 0.328 e. The van der Waals surface area contributed by atoms with E-state index in [9.17, 15) is 18.0 Å². The zero-order valence-corrected chi connectivity index (χ0v) is 23.5. The monoisotopic (exact) mass is 569 g/mol. The van der Waals surface area contributed by atoms with E-state index in [0.717, 1.165) is 22.4 Å². The van der Waals surface area contributed by atoms with E-state index in [1.807, 2.05) is 55.5 Å². The zero-order chi connectivity index (χ0) is 28.0. The minimum Gasteiger partial charge on any atom is -0.467 e. The van der Waals surface area contributed by atoms with Crippen LogP contribution in [0.5, 0.6) is 0 Å². The van der Waals surface area contributed by atoms with Gasteiger partial charge < -0.3 is 15.4 Å². The molecule has 1 heterocycles. The fourth-order valence-electron chi connectivity index (χ4n) is 4.54. The lowest BCUT2D eigenvalue weighted by Crippen LogP contribution is -2.51. The predicted octanol–water partition coefficient (Wildman–Crippen LogP) is 4.31. The molecule has 206 valence electrons. The van der Waals surface area contributed by atoms with E-state index in [0.29, 0.717) is 24.4 Å². The quantitative estimate of drug-likeness (QED) is 0.353. The number of ether oxygens (including phenoxy) is 1. The zero-order valence-electron chi connectivity index (χ0n) is 21.9. The number of halogens is 1. The van der Waals surface area contributed by atoms with Crippen molar-refractivity contribution in [2.24, 2.45) is 0 Å². The summed E-state index contributed by atoms with van der Waals surface area (Å²) in [5, 5.41) is 6.76. The molecule has 0 unspecified atom stereocenters. The van der Waals surface area contributed by atoms with Gasteiger partial charge >= 0.3 is 5.97 Å². The third kappa shape index (κ3) is 7.17. The summed E-state index contributed by atoms with van der Waals surface area (Å²) in [6.07, 6.45) is 1.13. The van der Waals surface area contributed by atoms with Crippen LogP contribution in [0.1, 0.15) is 29.5 Å². The number of amides is 1. The summed E-state index contributed by atoms with van der Waals surface area (Å²) in [4.78, 5) is 26.0. The number of carbonyl (C=O) groups excluding carboxylic acids is 2. The molecule has 0 bridgehead atoms. The highest BCUT2D eigenvalue weighted by Crippen LogP contribution is 2.27. The lowest BCUT2D eigenvalue weighted by atomic mass is 10.0. The van der Waals surface area contributed by atoms with E-state index >= 15 is 0 Å². The highest BCUT2D eigenvalue weighted by atomic mass is 35.5. The number of benzene rings is 3. The maximum atomic E-state index is 13.3. The number of aryl methyl sites for hydroxylation is 1. The first-order valence-electron chi connectivity index (χ1n) is 12.7. The molecule has 0 spiro atoms. The summed E-state index contributed by atoms with van der Waals surface area (Å²) >= 11 is 5.94. The Balaban J connectivity index is 1.41. The van der Waals surface area contributed by atoms with Crippen LogP contribution in [0, 0.1) is 6.92 Å². The van der Waals surface area contributed by atoms with Gasteiger partial charge in [0, 0.05) is 30.2 Å². The first-order valence-corrected chi connectivity index (χ1v) is 14.5. The van der Waals surface area contributed by atoms with Crippen LogP contribution in [0.4, 0.5) is 5.69 Å². The summed E-state index contributed by atoms with van der Waals surface area (Å²) in [6, 6.07) is 19.8. The van der Waals surface area contributed by atoms with Gasteiger partial charge in [0.15, 0.2) is 0 Å². The lowest BCUT2D eigenvalue weighted by molar-refractivity contribution is -0.145. The molecule has 1 fully saturated rings. The van der Waals surface area contributed by atoms with Gasteiger partial charge in [-0.15, -0.1) is 0 Å². The summed E-state index contributed by atoms with van der Waals surface area (Å²) < 4.78 is 32.7. The van der Waals surface area contributed by atoms with E-state index in [2.05, 4.69) is 10.6 Å². The van der Waals surface area contributed by atoms with Crippen LogP contribution >= 0.6 is 11.6 Å². The molecule has 10 heteroatoms. The number of rotatable bonds is 10. The molecule has 1 saturated heterocycles. The van der Waals surface area contributed by atoms with Gasteiger partial charge in [0.2, 0.25) is 15.9 Å². The molecule has 0 aliphatic carbocycles. The van der Waals surface area contributed by atoms with Crippen molar-refractivity contribution in [2.75, 3.05) is 19.0 Å². The highest BCUT2D eigenvalue weighted by molar-refractivity contribution is 7.89. The van der Waals surface area contributed by atoms with Gasteiger partial charge in [0.1, 0.15) is 12.1 Å². The second-order valence-electron chi connectivity index (χ2n) is 9.55. The van der Waals surface area contributed by atoms with Gasteiger partial charge in [-0.05, 0) is 67.3 Å². The van der Waals surface area contributed by atoms with Crippen molar-refractivity contribution in [3.8, 4) is 0 Å². The molecule has 1 aliphatic rings. The Hall–Kier alpha value is -3.40. The predicted molar refractivity (Wildman–Crippen MR) is 151 cm³/mol. The van der Waals surface area contributed by atoms with Crippen LogP contribution in [0.25, 0.3) is 0 Å². The van der Waals surface area contributed by atoms with Crippen molar-refractivity contribution < 1.29 is 22.7 Å². The van der Waals surface area contributed by atoms with Gasteiger partial charge in [-0.1, -0.05) is 53.6 Å². The number of hydrogen-bond acceptors (Lipinski definition) is 6. The molecule has 3 aromatic rings. The Kier molecular flexibility index (Phi) is 9.27. The van der Waals surface area contributed by atoms with Crippen molar-refractivity contribution in [1.82, 2.24) is 9.62 Å². The summed E-state index contributed by atoms with van der Waals surface area (Å²) in [6.45, 7) is 2.74. The van der Waals surface area contributed by atoms with Gasteiger partial charge in [-0.25, -0.2) is 13.2 Å². The molecular weight excluding hydrogens is 538 g/mol. The van der Waals surface area contributed by atoms with Crippen LogP contribution in [0.3, 0.4) is 0 Å². The van der Waals surface area contributed by atoms with Gasteiger partial charge in [0.25, 0.3) is 0 Å². The number of nitrogens with zero attached hydrogens (tertiary/aromatic N) is 1. The van der Waals surface area contributed by atoms with E-state index in [1.54, 1.807) is 24.3 Å². The number of methoxy groups -OCH3 is 1. The first kappa shape index (κ1) is 28.6. The van der Waals surface area contributed by atoms with Crippen LogP contribution in [-0.2, 0) is 37.3 Å². The summed E-state index contributed by atoms with van der Waals surface area (Å²) in [5.74, 6) is -1.11. The molecule has 0 aromatic heterocycles. The normalized spacial score (nSPS) is 16.4. The Labute approximate surface area is 234 Å². The van der Waals surface area contributed by atoms with Crippen molar-refractivity contribution in [1.29, 1.82) is 0 Å². The average Bonchev–Trinajstić information content (AvgIpc) is 3.44. The van der Waals surface area contributed by atoms with Gasteiger partial charge in [-0.3, -0.25) is 4.79 Å². The Morgan fingerprint density at radius 2 is 1.64 bits per heavy atom. The van der Waals surface area contributed by atoms with Crippen molar-refractivity contribution in [2.45, 2.75) is 49.7 Å². The summed E-state index contributed by atoms with van der Waals surface area (Å²) in [7, 11) is -2.60. The number of sulfonamides is 1. The van der Waals surface area contributed by atoms with E-state index in [-0.39, 0.29) is 17.9 Å². The van der Waals surface area contributed by atoms with Crippen LogP contribution in [0.15, 0.2) is 77.7 Å². The third-order valence-electron chi connectivity index (χ3n) is 6.74. The van der Waals surface area contributed by atoms with Crippen molar-refractivity contribution >= 4 is 39.2 Å². The fraction of sp³-hybridized carbons (Fsp3) is 0.310. The number of nitrogens with one attached hydrogen (secondary N) is 2. The largest absolute Gasteiger partial charge is 0.467 e. The topological polar surface area (TPSA) is 105 Å². The minimum absolute atomic E-state index is 0.141. The third-order valence-corrected chi connectivity index (χ3v) is 8.91. The standard InChI is InChI=1S/C29H32ClN3O5S/c1-20-5-15-25(16-6-20)39(36,37)33-17-3-4-27(33)28(34)32-26(29(35)38-2)18-21-9-13-24(14-10-21)31-19-22-7-11-23(30)12-8-22/h5-16,26-27,31H,3-4,17-19H2,1-2H3,(H,32,34)/t26-,27-/m0/s1. The molecule has 0 radical (unpaired) electrons. The van der Waals surface area contributed by atoms with E-state index < -0.39 is 34.0 Å². The van der Waals surface area contributed by atoms with Crippen molar-refractivity contribution in [3.05, 3.63) is 94.5 Å². The first-order chi connectivity index (χ1) is 18.7. The molecule has 1 aliphatic heterocycles. The van der Waals surface area contributed by atoms with E-state index in [4.69, 9.17) is 16.3 Å². The van der Waals surface area contributed by atoms with Gasteiger partial charge in [-0.2, -0.15) is 4.31 Å². The molecule has 39 heavy (non-hydrogen) atoms. The molecule has 0 saturated carbocycles. The van der Waals surface area contributed by atoms with Crippen molar-refractivity contribution in [3.63, 3.8) is 0 Å². The molecule has 3 aromatic carbocycles. The number of anilines is 1. The Morgan fingerprint density at radius 3 is 2.28 bits per heavy atom. The number of esters is 1. The van der Waals surface area contributed by atoms with Gasteiger partial charge in [0.05, 0.1) is 12.0 Å². The number of hydrogen-bond donors (Lipinski definition) is 2. The summed E-state index contributed by atoms with van der Waals surface area (Å²) in [5.41, 5.74) is 3.74. The molecule has 4 rings (SSSR count). The fourth-order valence-corrected chi connectivity index (χ4v) is 6.32. The molecule has 1 amide bonds. The minimum atomic E-state index is -3.86. The highest BCUT2D eigenvalue weighted by Gasteiger charge is 2.40. The second-order valence-corrected chi connectivity index (χ2v) is 11.9. The maximum absolute atomic E-state index is 13.3. The van der Waals surface area contributed by atoms with Crippen LogP contribution in [-0.4, -0.2) is 50.3 Å². The Bertz CT molecular complexity index is 1390. The smallest absolute Gasteiger partial charge is 0.328 e. The second kappa shape index (κ2) is 12.6. The molecular formula is C29H32ClN3O5S. The molecule has 8 nitrogen and oxygen atoms in total. The lowest BCUT2D eigenvalue weighted by Gasteiger charge is -2.25. The molecule has 2 atom stereocenters. The van der Waals surface area contributed by atoms with Crippen LogP contribution < -0.4 is 10.6 Å². The van der Waals surface area contributed by atoms with Crippen LogP contribution in [0.2, 0.25) is 5.02 Å². The Morgan fingerprint density at radius 1 is 1.00 bits per heavy atom.